The molecule has 24 heavy (non-hydrogen) atoms. The van der Waals surface area contributed by atoms with Crippen molar-refractivity contribution in [3.8, 4) is 5.75 Å². The van der Waals surface area contributed by atoms with Crippen LogP contribution in [0.5, 0.6) is 5.75 Å². The number of fused-ring (bicyclic) bond motifs is 1. The van der Waals surface area contributed by atoms with E-state index in [0.29, 0.717) is 11.4 Å². The van der Waals surface area contributed by atoms with Gasteiger partial charge in [-0.1, -0.05) is 41.9 Å². The van der Waals surface area contributed by atoms with Crippen molar-refractivity contribution in [2.45, 2.75) is 0 Å². The van der Waals surface area contributed by atoms with Crippen LogP contribution in [-0.4, -0.2) is 12.5 Å². The van der Waals surface area contributed by atoms with E-state index in [1.165, 1.54) is 18.2 Å². The van der Waals surface area contributed by atoms with E-state index in [-0.39, 0.29) is 17.5 Å². The second-order valence-electron chi connectivity index (χ2n) is 5.06. The summed E-state index contributed by atoms with van der Waals surface area (Å²) in [5.41, 5.74) is 0.410. The summed E-state index contributed by atoms with van der Waals surface area (Å²) in [7, 11) is 0. The molecule has 3 rings (SSSR count). The summed E-state index contributed by atoms with van der Waals surface area (Å²) in [6, 6.07) is 15.5. The number of ether oxygens (including phenoxy) is 1. The lowest BCUT2D eigenvalue weighted by atomic mass is 10.1. The van der Waals surface area contributed by atoms with Gasteiger partial charge in [0.15, 0.2) is 6.61 Å². The van der Waals surface area contributed by atoms with E-state index in [1.807, 2.05) is 30.3 Å². The van der Waals surface area contributed by atoms with Gasteiger partial charge in [-0.05, 0) is 51.0 Å². The lowest BCUT2D eigenvalue weighted by Crippen LogP contribution is -2.20. The predicted octanol–water partition coefficient (Wildman–Crippen LogP) is 5.41. The Morgan fingerprint density at radius 3 is 2.75 bits per heavy atom. The van der Waals surface area contributed by atoms with E-state index in [1.54, 1.807) is 6.07 Å². The van der Waals surface area contributed by atoms with E-state index >= 15 is 0 Å². The molecule has 0 atom stereocenters. The van der Waals surface area contributed by atoms with E-state index in [2.05, 4.69) is 21.2 Å². The standard InChI is InChI=1S/C18H12BrClFNO2/c19-18-13-4-2-1-3-11(13)5-8-16(18)24-10-17(23)22-12-6-7-15(21)14(20)9-12/h1-9H,10H2,(H,22,23). The fourth-order valence-corrected chi connectivity index (χ4v) is 3.03. The van der Waals surface area contributed by atoms with Crippen LogP contribution in [0.25, 0.3) is 10.8 Å². The van der Waals surface area contributed by atoms with Crippen molar-refractivity contribution < 1.29 is 13.9 Å². The number of hydrogen-bond acceptors (Lipinski definition) is 2. The summed E-state index contributed by atoms with van der Waals surface area (Å²) in [4.78, 5) is 12.0. The van der Waals surface area contributed by atoms with Crippen LogP contribution in [0, 0.1) is 5.82 Å². The van der Waals surface area contributed by atoms with Gasteiger partial charge in [0.25, 0.3) is 5.91 Å². The van der Waals surface area contributed by atoms with E-state index < -0.39 is 5.82 Å². The molecule has 0 radical (unpaired) electrons. The van der Waals surface area contributed by atoms with Crippen molar-refractivity contribution in [2.24, 2.45) is 0 Å². The second kappa shape index (κ2) is 7.20. The van der Waals surface area contributed by atoms with Crippen LogP contribution in [-0.2, 0) is 4.79 Å². The van der Waals surface area contributed by atoms with Gasteiger partial charge in [0.05, 0.1) is 9.50 Å². The van der Waals surface area contributed by atoms with Crippen molar-refractivity contribution in [3.05, 3.63) is 69.9 Å². The number of amides is 1. The number of carbonyl (C=O) groups is 1. The van der Waals surface area contributed by atoms with E-state index in [0.717, 1.165) is 15.2 Å². The Balaban J connectivity index is 1.68. The zero-order valence-electron chi connectivity index (χ0n) is 12.4. The number of rotatable bonds is 4. The molecule has 122 valence electrons. The molecule has 6 heteroatoms. The average Bonchev–Trinajstić information content (AvgIpc) is 2.58. The molecule has 0 spiro atoms. The molecule has 0 aliphatic rings. The molecule has 3 aromatic rings. The number of nitrogens with one attached hydrogen (secondary N) is 1. The molecule has 0 saturated carbocycles. The largest absolute Gasteiger partial charge is 0.483 e. The van der Waals surface area contributed by atoms with Crippen molar-refractivity contribution in [1.82, 2.24) is 0 Å². The molecule has 0 aliphatic carbocycles. The zero-order valence-corrected chi connectivity index (χ0v) is 14.7. The number of hydrogen-bond donors (Lipinski definition) is 1. The maximum Gasteiger partial charge on any atom is 0.262 e. The topological polar surface area (TPSA) is 38.3 Å². The van der Waals surface area contributed by atoms with Crippen LogP contribution in [0.2, 0.25) is 5.02 Å². The summed E-state index contributed by atoms with van der Waals surface area (Å²) >= 11 is 9.18. The summed E-state index contributed by atoms with van der Waals surface area (Å²) in [6.45, 7) is -0.175. The van der Waals surface area contributed by atoms with Crippen molar-refractivity contribution in [1.29, 1.82) is 0 Å². The van der Waals surface area contributed by atoms with Gasteiger partial charge in [-0.2, -0.15) is 0 Å². The Kier molecular flexibility index (Phi) is 5.02. The van der Waals surface area contributed by atoms with E-state index in [4.69, 9.17) is 16.3 Å². The first-order valence-corrected chi connectivity index (χ1v) is 8.26. The SMILES string of the molecule is O=C(COc1ccc2ccccc2c1Br)Nc1ccc(F)c(Cl)c1. The normalized spacial score (nSPS) is 10.6. The highest BCUT2D eigenvalue weighted by Crippen LogP contribution is 2.33. The molecule has 1 amide bonds. The van der Waals surface area contributed by atoms with Gasteiger partial charge >= 0.3 is 0 Å². The van der Waals surface area contributed by atoms with Crippen molar-refractivity contribution in [3.63, 3.8) is 0 Å². The zero-order chi connectivity index (χ0) is 17.1. The minimum absolute atomic E-state index is 0.0500. The Labute approximate surface area is 151 Å². The molecule has 0 fully saturated rings. The Morgan fingerprint density at radius 1 is 1.17 bits per heavy atom. The molecule has 0 unspecified atom stereocenters. The monoisotopic (exact) mass is 407 g/mol. The molecule has 3 aromatic carbocycles. The molecular weight excluding hydrogens is 397 g/mol. The molecule has 0 heterocycles. The molecule has 0 aromatic heterocycles. The Hall–Kier alpha value is -2.11. The van der Waals surface area contributed by atoms with Gasteiger partial charge in [-0.15, -0.1) is 0 Å². The highest BCUT2D eigenvalue weighted by Gasteiger charge is 2.09. The molecule has 3 nitrogen and oxygen atoms in total. The molecule has 1 N–H and O–H groups in total. The highest BCUT2D eigenvalue weighted by atomic mass is 79.9. The number of benzene rings is 3. The molecule has 0 bridgehead atoms. The van der Waals surface area contributed by atoms with Crippen LogP contribution in [0.3, 0.4) is 0 Å². The first-order valence-electron chi connectivity index (χ1n) is 7.09. The second-order valence-corrected chi connectivity index (χ2v) is 6.26. The number of carbonyl (C=O) groups excluding carboxylic acids is 1. The van der Waals surface area contributed by atoms with Gasteiger partial charge < -0.3 is 10.1 Å². The first-order chi connectivity index (χ1) is 11.5. The third kappa shape index (κ3) is 3.68. The van der Waals surface area contributed by atoms with Crippen molar-refractivity contribution in [2.75, 3.05) is 11.9 Å². The van der Waals surface area contributed by atoms with Crippen molar-refractivity contribution >= 4 is 49.9 Å². The average molecular weight is 409 g/mol. The molecular formula is C18H12BrClFNO2. The minimum atomic E-state index is -0.536. The smallest absolute Gasteiger partial charge is 0.262 e. The molecule has 0 saturated heterocycles. The van der Waals surface area contributed by atoms with Crippen LogP contribution in [0.15, 0.2) is 59.1 Å². The fourth-order valence-electron chi connectivity index (χ4n) is 2.24. The molecule has 0 aliphatic heterocycles. The fraction of sp³-hybridized carbons (Fsp3) is 0.0556. The lowest BCUT2D eigenvalue weighted by molar-refractivity contribution is -0.118. The summed E-state index contributed by atoms with van der Waals surface area (Å²) < 4.78 is 19.5. The highest BCUT2D eigenvalue weighted by molar-refractivity contribution is 9.10. The van der Waals surface area contributed by atoms with Crippen LogP contribution in [0.4, 0.5) is 10.1 Å². The third-order valence-electron chi connectivity index (χ3n) is 3.39. The Bertz CT molecular complexity index is 917. The van der Waals surface area contributed by atoms with Crippen LogP contribution in [0.1, 0.15) is 0 Å². The maximum absolute atomic E-state index is 13.1. The summed E-state index contributed by atoms with van der Waals surface area (Å²) in [5, 5.41) is 4.63. The predicted molar refractivity (Wildman–Crippen MR) is 97.2 cm³/mol. The van der Waals surface area contributed by atoms with Gasteiger partial charge in [-0.3, -0.25) is 4.79 Å². The minimum Gasteiger partial charge on any atom is -0.483 e. The van der Waals surface area contributed by atoms with E-state index in [9.17, 15) is 9.18 Å². The summed E-state index contributed by atoms with van der Waals surface area (Å²) in [6.07, 6.45) is 0. The van der Waals surface area contributed by atoms with Crippen LogP contribution < -0.4 is 10.1 Å². The van der Waals surface area contributed by atoms with Gasteiger partial charge in [0.2, 0.25) is 0 Å². The number of anilines is 1. The quantitative estimate of drug-likeness (QED) is 0.626. The maximum atomic E-state index is 13.1. The van der Waals surface area contributed by atoms with Gasteiger partial charge in [-0.25, -0.2) is 4.39 Å². The first kappa shape index (κ1) is 16.7. The Morgan fingerprint density at radius 2 is 1.96 bits per heavy atom. The van der Waals surface area contributed by atoms with Gasteiger partial charge in [0.1, 0.15) is 11.6 Å². The summed E-state index contributed by atoms with van der Waals surface area (Å²) in [5.74, 6) is -0.329. The van der Waals surface area contributed by atoms with Crippen LogP contribution >= 0.6 is 27.5 Å². The lowest BCUT2D eigenvalue weighted by Gasteiger charge is -2.11. The third-order valence-corrected chi connectivity index (χ3v) is 4.50. The number of halogens is 3. The van der Waals surface area contributed by atoms with Gasteiger partial charge in [0, 0.05) is 5.69 Å².